The number of nitrogens with zero attached hydrogens (tertiary/aromatic N) is 3. The first-order valence-electron chi connectivity index (χ1n) is 17.7. The quantitative estimate of drug-likeness (QED) is 0.169. The molecule has 0 radical (unpaired) electrons. The van der Waals surface area contributed by atoms with Gasteiger partial charge in [0.2, 0.25) is 0 Å². The fraction of sp³-hybridized carbons (Fsp3) is 0.0625. The standard InChI is InChI=1S/C48H35N3O/c1-3-13-36-30-37(29-24-31(36)4-2)40-20-11-21-41-44-42(22-12-23-43(44)52-45(40)41)48-50-46(34-15-6-5-7-16-34)49-47(51-48)35-27-25-33(26-28-35)39-19-10-17-32-14-8-9-18-38(32)39/h3-25,27,29-30H,2,26,28H2,1H3/b13-3-. The van der Waals surface area contributed by atoms with Gasteiger partial charge in [-0.3, -0.25) is 0 Å². The number of allylic oxidation sites excluding steroid dienone is 5. The van der Waals surface area contributed by atoms with E-state index in [9.17, 15) is 0 Å². The van der Waals surface area contributed by atoms with Gasteiger partial charge in [0.05, 0.1) is 0 Å². The minimum absolute atomic E-state index is 0.623. The summed E-state index contributed by atoms with van der Waals surface area (Å²) in [7, 11) is 0. The first-order valence-corrected chi connectivity index (χ1v) is 17.7. The molecule has 0 bridgehead atoms. The van der Waals surface area contributed by atoms with Crippen molar-refractivity contribution in [3.63, 3.8) is 0 Å². The van der Waals surface area contributed by atoms with E-state index in [2.05, 4.69) is 128 Å². The topological polar surface area (TPSA) is 51.8 Å². The molecule has 4 heteroatoms. The average molecular weight is 670 g/mol. The lowest BCUT2D eigenvalue weighted by atomic mass is 9.90. The van der Waals surface area contributed by atoms with Crippen LogP contribution in [0, 0.1) is 0 Å². The van der Waals surface area contributed by atoms with Gasteiger partial charge >= 0.3 is 0 Å². The van der Waals surface area contributed by atoms with Gasteiger partial charge in [-0.2, -0.15) is 0 Å². The Balaban J connectivity index is 1.19. The maximum atomic E-state index is 6.67. The third kappa shape index (κ3) is 5.55. The van der Waals surface area contributed by atoms with Crippen molar-refractivity contribution in [2.45, 2.75) is 19.8 Å². The normalized spacial score (nSPS) is 13.2. The molecular formula is C48H35N3O. The molecule has 0 fully saturated rings. The van der Waals surface area contributed by atoms with Gasteiger partial charge < -0.3 is 4.42 Å². The van der Waals surface area contributed by atoms with E-state index < -0.39 is 0 Å². The SMILES string of the molecule is C=Cc1ccc(-c2cccc3c2oc2cccc(-c4nc(C5=CC=C(c6cccc7ccccc67)CC5)nc(-c5ccccc5)n4)c23)cc1/C=C\C. The maximum absolute atomic E-state index is 6.67. The van der Waals surface area contributed by atoms with E-state index in [1.807, 2.05) is 43.3 Å². The van der Waals surface area contributed by atoms with Crippen molar-refractivity contribution in [1.29, 1.82) is 0 Å². The van der Waals surface area contributed by atoms with Crippen LogP contribution in [0.4, 0.5) is 0 Å². The summed E-state index contributed by atoms with van der Waals surface area (Å²) in [5.41, 5.74) is 11.5. The second-order valence-corrected chi connectivity index (χ2v) is 13.1. The molecule has 1 aliphatic carbocycles. The lowest BCUT2D eigenvalue weighted by Crippen LogP contribution is -2.04. The van der Waals surface area contributed by atoms with Gasteiger partial charge in [0.25, 0.3) is 0 Å². The van der Waals surface area contributed by atoms with Crippen LogP contribution in [0.25, 0.3) is 89.9 Å². The van der Waals surface area contributed by atoms with E-state index in [0.29, 0.717) is 17.5 Å². The van der Waals surface area contributed by atoms with Gasteiger partial charge in [-0.1, -0.05) is 152 Å². The molecule has 0 spiro atoms. The van der Waals surface area contributed by atoms with Gasteiger partial charge in [-0.25, -0.2) is 15.0 Å². The largest absolute Gasteiger partial charge is 0.455 e. The van der Waals surface area contributed by atoms with E-state index in [1.165, 1.54) is 21.9 Å². The van der Waals surface area contributed by atoms with Gasteiger partial charge in [-0.05, 0) is 76.1 Å². The van der Waals surface area contributed by atoms with Crippen molar-refractivity contribution < 1.29 is 4.42 Å². The highest BCUT2D eigenvalue weighted by Gasteiger charge is 2.21. The number of fused-ring (bicyclic) bond motifs is 4. The summed E-state index contributed by atoms with van der Waals surface area (Å²) in [5, 5.41) is 4.54. The van der Waals surface area contributed by atoms with E-state index >= 15 is 0 Å². The Bertz CT molecular complexity index is 2760. The van der Waals surface area contributed by atoms with Crippen molar-refractivity contribution in [3.05, 3.63) is 175 Å². The molecule has 8 aromatic rings. The van der Waals surface area contributed by atoms with Crippen LogP contribution in [-0.4, -0.2) is 15.0 Å². The molecule has 2 aromatic heterocycles. The number of para-hydroxylation sites is 1. The van der Waals surface area contributed by atoms with Crippen molar-refractivity contribution >= 4 is 56.0 Å². The molecule has 0 saturated carbocycles. The fourth-order valence-corrected chi connectivity index (χ4v) is 7.42. The highest BCUT2D eigenvalue weighted by Crippen LogP contribution is 2.41. The number of hydrogen-bond acceptors (Lipinski definition) is 4. The summed E-state index contributed by atoms with van der Waals surface area (Å²) in [6, 6.07) is 44.2. The molecule has 0 atom stereocenters. The Morgan fingerprint density at radius 3 is 2.12 bits per heavy atom. The van der Waals surface area contributed by atoms with Gasteiger partial charge in [-0.15, -0.1) is 0 Å². The maximum Gasteiger partial charge on any atom is 0.164 e. The Labute approximate surface area is 302 Å². The number of benzene rings is 6. The predicted octanol–water partition coefficient (Wildman–Crippen LogP) is 12.9. The molecule has 2 heterocycles. The average Bonchev–Trinajstić information content (AvgIpc) is 3.60. The first-order chi connectivity index (χ1) is 25.7. The van der Waals surface area contributed by atoms with E-state index in [0.717, 1.165) is 73.7 Å². The zero-order chi connectivity index (χ0) is 35.0. The molecule has 0 aliphatic heterocycles. The second-order valence-electron chi connectivity index (χ2n) is 13.1. The Morgan fingerprint density at radius 1 is 0.577 bits per heavy atom. The zero-order valence-corrected chi connectivity index (χ0v) is 28.9. The van der Waals surface area contributed by atoms with Gasteiger partial charge in [0.15, 0.2) is 17.5 Å². The molecule has 1 aliphatic rings. The van der Waals surface area contributed by atoms with E-state index in [1.54, 1.807) is 0 Å². The molecule has 4 nitrogen and oxygen atoms in total. The van der Waals surface area contributed by atoms with Crippen molar-refractivity contribution in [2.24, 2.45) is 0 Å². The van der Waals surface area contributed by atoms with Crippen LogP contribution in [0.5, 0.6) is 0 Å². The summed E-state index contributed by atoms with van der Waals surface area (Å²) in [5.74, 6) is 1.97. The number of aromatic nitrogens is 3. The molecule has 248 valence electrons. The molecule has 0 N–H and O–H groups in total. The monoisotopic (exact) mass is 669 g/mol. The van der Waals surface area contributed by atoms with Crippen LogP contribution in [0.1, 0.15) is 42.3 Å². The smallest absolute Gasteiger partial charge is 0.164 e. The van der Waals surface area contributed by atoms with Crippen molar-refractivity contribution in [2.75, 3.05) is 0 Å². The lowest BCUT2D eigenvalue weighted by molar-refractivity contribution is 0.670. The fourth-order valence-electron chi connectivity index (χ4n) is 7.42. The third-order valence-electron chi connectivity index (χ3n) is 9.97. The third-order valence-corrected chi connectivity index (χ3v) is 9.97. The van der Waals surface area contributed by atoms with E-state index in [4.69, 9.17) is 19.4 Å². The second kappa shape index (κ2) is 13.2. The first kappa shape index (κ1) is 31.3. The molecule has 52 heavy (non-hydrogen) atoms. The number of hydrogen-bond donors (Lipinski definition) is 0. The number of furan rings is 1. The highest BCUT2D eigenvalue weighted by atomic mass is 16.3. The van der Waals surface area contributed by atoms with Crippen LogP contribution in [0.2, 0.25) is 0 Å². The summed E-state index contributed by atoms with van der Waals surface area (Å²) < 4.78 is 6.67. The molecular weight excluding hydrogens is 635 g/mol. The highest BCUT2D eigenvalue weighted by molar-refractivity contribution is 6.15. The lowest BCUT2D eigenvalue weighted by Gasteiger charge is -2.17. The molecule has 0 unspecified atom stereocenters. The van der Waals surface area contributed by atoms with Crippen LogP contribution in [-0.2, 0) is 0 Å². The number of rotatable bonds is 7. The summed E-state index contributed by atoms with van der Waals surface area (Å²) in [6.07, 6.45) is 12.2. The van der Waals surface area contributed by atoms with Gasteiger partial charge in [0.1, 0.15) is 11.2 Å². The van der Waals surface area contributed by atoms with Crippen LogP contribution < -0.4 is 0 Å². The summed E-state index contributed by atoms with van der Waals surface area (Å²) in [6.45, 7) is 6.04. The van der Waals surface area contributed by atoms with Crippen molar-refractivity contribution in [3.8, 4) is 33.9 Å². The Kier molecular flexibility index (Phi) is 7.98. The Morgan fingerprint density at radius 2 is 1.27 bits per heavy atom. The predicted molar refractivity (Wildman–Crippen MR) is 217 cm³/mol. The van der Waals surface area contributed by atoms with Crippen LogP contribution in [0.3, 0.4) is 0 Å². The van der Waals surface area contributed by atoms with Crippen LogP contribution in [0.15, 0.2) is 157 Å². The molecule has 0 saturated heterocycles. The summed E-state index contributed by atoms with van der Waals surface area (Å²) >= 11 is 0. The molecule has 6 aromatic carbocycles. The molecule has 0 amide bonds. The molecule has 9 rings (SSSR count). The minimum Gasteiger partial charge on any atom is -0.455 e. The summed E-state index contributed by atoms with van der Waals surface area (Å²) in [4.78, 5) is 15.4. The van der Waals surface area contributed by atoms with Gasteiger partial charge in [0, 0.05) is 27.5 Å². The van der Waals surface area contributed by atoms with E-state index in [-0.39, 0.29) is 0 Å². The Hall–Kier alpha value is -6.65. The minimum atomic E-state index is 0.623. The van der Waals surface area contributed by atoms with Crippen LogP contribution >= 0.6 is 0 Å². The van der Waals surface area contributed by atoms with Crippen molar-refractivity contribution in [1.82, 2.24) is 15.0 Å². The zero-order valence-electron chi connectivity index (χ0n) is 28.9.